The van der Waals surface area contributed by atoms with Crippen molar-refractivity contribution in [1.82, 2.24) is 0 Å². The molecule has 0 fully saturated rings. The van der Waals surface area contributed by atoms with Gasteiger partial charge in [-0.3, -0.25) is 4.79 Å². The number of nitrogens with one attached hydrogen (secondary N) is 1. The van der Waals surface area contributed by atoms with E-state index in [9.17, 15) is 9.59 Å². The summed E-state index contributed by atoms with van der Waals surface area (Å²) in [7, 11) is 5.30. The van der Waals surface area contributed by atoms with Gasteiger partial charge in [0.05, 0.1) is 18.4 Å². The molecule has 6 nitrogen and oxygen atoms in total. The van der Waals surface area contributed by atoms with Crippen molar-refractivity contribution in [2.45, 2.75) is 13.0 Å². The number of halogens is 1. The fourth-order valence-corrected chi connectivity index (χ4v) is 2.36. The Morgan fingerprint density at radius 2 is 1.77 bits per heavy atom. The highest BCUT2D eigenvalue weighted by Gasteiger charge is 2.20. The molecule has 0 unspecified atom stereocenters. The summed E-state index contributed by atoms with van der Waals surface area (Å²) in [4.78, 5) is 26.4. The molecule has 2 rings (SSSR count). The van der Waals surface area contributed by atoms with Crippen molar-refractivity contribution >= 4 is 34.9 Å². The number of carbonyl (C=O) groups excluding carboxylic acids is 2. The summed E-state index contributed by atoms with van der Waals surface area (Å²) in [6.07, 6.45) is -0.986. The zero-order valence-corrected chi connectivity index (χ0v) is 15.8. The average molecular weight is 377 g/mol. The highest BCUT2D eigenvalue weighted by Crippen LogP contribution is 2.27. The van der Waals surface area contributed by atoms with Crippen molar-refractivity contribution in [2.75, 3.05) is 31.4 Å². The van der Waals surface area contributed by atoms with E-state index in [1.54, 1.807) is 42.5 Å². The first kappa shape index (κ1) is 19.6. The summed E-state index contributed by atoms with van der Waals surface area (Å²) in [6.45, 7) is 1.50. The Kier molecular flexibility index (Phi) is 6.46. The number of amides is 1. The molecular formula is C19H21ClN2O4. The molecule has 1 amide bonds. The molecule has 0 heterocycles. The van der Waals surface area contributed by atoms with Crippen LogP contribution in [0.15, 0.2) is 42.5 Å². The number of esters is 1. The third kappa shape index (κ3) is 4.89. The molecule has 26 heavy (non-hydrogen) atoms. The highest BCUT2D eigenvalue weighted by molar-refractivity contribution is 6.31. The first-order chi connectivity index (χ1) is 12.3. The van der Waals surface area contributed by atoms with Gasteiger partial charge in [0.1, 0.15) is 5.75 Å². The van der Waals surface area contributed by atoms with Crippen LogP contribution in [-0.2, 0) is 9.53 Å². The Hall–Kier alpha value is -2.73. The van der Waals surface area contributed by atoms with Crippen LogP contribution in [0.3, 0.4) is 0 Å². The summed E-state index contributed by atoms with van der Waals surface area (Å²) in [5, 5.41) is 3.10. The van der Waals surface area contributed by atoms with E-state index in [2.05, 4.69) is 5.32 Å². The van der Waals surface area contributed by atoms with E-state index in [-0.39, 0.29) is 0 Å². The largest absolute Gasteiger partial charge is 0.495 e. The van der Waals surface area contributed by atoms with Gasteiger partial charge in [0.2, 0.25) is 0 Å². The van der Waals surface area contributed by atoms with Crippen LogP contribution in [0.5, 0.6) is 5.75 Å². The SMILES string of the molecule is COc1ccc(Cl)cc1NC(=O)[C@@H](C)OC(=O)c1ccc(N(C)C)cc1. The van der Waals surface area contributed by atoms with E-state index < -0.39 is 18.0 Å². The first-order valence-electron chi connectivity index (χ1n) is 7.94. The Labute approximate surface area is 157 Å². The summed E-state index contributed by atoms with van der Waals surface area (Å²) in [6, 6.07) is 11.8. The Balaban J connectivity index is 2.02. The minimum Gasteiger partial charge on any atom is -0.495 e. The van der Waals surface area contributed by atoms with Gasteiger partial charge in [-0.05, 0) is 49.4 Å². The molecule has 0 bridgehead atoms. The van der Waals surface area contributed by atoms with Gasteiger partial charge in [0.25, 0.3) is 5.91 Å². The molecule has 0 saturated carbocycles. The quantitative estimate of drug-likeness (QED) is 0.780. The summed E-state index contributed by atoms with van der Waals surface area (Å²) in [5.74, 6) is -0.597. The average Bonchev–Trinajstić information content (AvgIpc) is 2.61. The van der Waals surface area contributed by atoms with Gasteiger partial charge in [-0.15, -0.1) is 0 Å². The fraction of sp³-hybridized carbons (Fsp3) is 0.263. The number of carbonyl (C=O) groups is 2. The van der Waals surface area contributed by atoms with Crippen LogP contribution in [0.4, 0.5) is 11.4 Å². The second-order valence-electron chi connectivity index (χ2n) is 5.82. The van der Waals surface area contributed by atoms with Crippen molar-refractivity contribution < 1.29 is 19.1 Å². The molecule has 1 atom stereocenters. The number of hydrogen-bond acceptors (Lipinski definition) is 5. The maximum Gasteiger partial charge on any atom is 0.338 e. The standard InChI is InChI=1S/C19H21ClN2O4/c1-12(18(23)21-16-11-14(20)7-10-17(16)25-4)26-19(24)13-5-8-15(9-6-13)22(2)3/h5-12H,1-4H3,(H,21,23)/t12-/m1/s1. The summed E-state index contributed by atoms with van der Waals surface area (Å²) >= 11 is 5.94. The lowest BCUT2D eigenvalue weighted by molar-refractivity contribution is -0.123. The van der Waals surface area contributed by atoms with E-state index in [1.165, 1.54) is 14.0 Å². The lowest BCUT2D eigenvalue weighted by Gasteiger charge is -2.16. The predicted molar refractivity (Wildman–Crippen MR) is 102 cm³/mol. The third-order valence-electron chi connectivity index (χ3n) is 3.69. The van der Waals surface area contributed by atoms with E-state index in [1.807, 2.05) is 19.0 Å². The van der Waals surface area contributed by atoms with Crippen molar-refractivity contribution in [3.8, 4) is 5.75 Å². The second-order valence-corrected chi connectivity index (χ2v) is 6.26. The molecule has 0 radical (unpaired) electrons. The summed E-state index contributed by atoms with van der Waals surface area (Å²) in [5.41, 5.74) is 1.74. The molecule has 0 saturated heterocycles. The van der Waals surface area contributed by atoms with E-state index in [0.717, 1.165) is 5.69 Å². The number of hydrogen-bond donors (Lipinski definition) is 1. The van der Waals surface area contributed by atoms with E-state index in [0.29, 0.717) is 22.0 Å². The van der Waals surface area contributed by atoms with Crippen LogP contribution in [0.2, 0.25) is 5.02 Å². The molecule has 7 heteroatoms. The maximum atomic E-state index is 12.3. The van der Waals surface area contributed by atoms with Gasteiger partial charge in [-0.1, -0.05) is 11.6 Å². The number of methoxy groups -OCH3 is 1. The van der Waals surface area contributed by atoms with E-state index in [4.69, 9.17) is 21.1 Å². The van der Waals surface area contributed by atoms with Gasteiger partial charge in [0.15, 0.2) is 6.10 Å². The van der Waals surface area contributed by atoms with Crippen molar-refractivity contribution in [3.05, 3.63) is 53.1 Å². The normalized spacial score (nSPS) is 11.4. The molecule has 0 aliphatic carbocycles. The molecule has 1 N–H and O–H groups in total. The zero-order valence-electron chi connectivity index (χ0n) is 15.1. The number of benzene rings is 2. The minimum atomic E-state index is -0.986. The van der Waals surface area contributed by atoms with Gasteiger partial charge in [0, 0.05) is 24.8 Å². The topological polar surface area (TPSA) is 67.9 Å². The molecule has 0 aliphatic rings. The van der Waals surface area contributed by atoms with Gasteiger partial charge in [-0.2, -0.15) is 0 Å². The Morgan fingerprint density at radius 1 is 1.12 bits per heavy atom. The van der Waals surface area contributed by atoms with Crippen LogP contribution in [0, 0.1) is 0 Å². The maximum absolute atomic E-state index is 12.3. The number of rotatable bonds is 6. The zero-order chi connectivity index (χ0) is 19.3. The Morgan fingerprint density at radius 3 is 2.35 bits per heavy atom. The van der Waals surface area contributed by atoms with Crippen LogP contribution in [0.1, 0.15) is 17.3 Å². The van der Waals surface area contributed by atoms with Crippen LogP contribution in [0.25, 0.3) is 0 Å². The van der Waals surface area contributed by atoms with Crippen molar-refractivity contribution in [2.24, 2.45) is 0 Å². The number of nitrogens with zero attached hydrogens (tertiary/aromatic N) is 1. The molecule has 2 aromatic carbocycles. The predicted octanol–water partition coefficient (Wildman–Crippen LogP) is 3.60. The van der Waals surface area contributed by atoms with Gasteiger partial charge in [-0.25, -0.2) is 4.79 Å². The second kappa shape index (κ2) is 8.58. The number of ether oxygens (including phenoxy) is 2. The van der Waals surface area contributed by atoms with Gasteiger partial charge >= 0.3 is 5.97 Å². The van der Waals surface area contributed by atoms with Crippen LogP contribution in [-0.4, -0.2) is 39.2 Å². The Bertz CT molecular complexity index is 791. The summed E-state index contributed by atoms with van der Waals surface area (Å²) < 4.78 is 10.4. The smallest absolute Gasteiger partial charge is 0.338 e. The molecule has 0 spiro atoms. The molecule has 2 aromatic rings. The monoisotopic (exact) mass is 376 g/mol. The van der Waals surface area contributed by atoms with Crippen molar-refractivity contribution in [1.29, 1.82) is 0 Å². The highest BCUT2D eigenvalue weighted by atomic mass is 35.5. The minimum absolute atomic E-state index is 0.371. The third-order valence-corrected chi connectivity index (χ3v) is 3.93. The van der Waals surface area contributed by atoms with Crippen LogP contribution < -0.4 is 15.0 Å². The van der Waals surface area contributed by atoms with E-state index >= 15 is 0 Å². The molecule has 0 aliphatic heterocycles. The molecule has 0 aromatic heterocycles. The lowest BCUT2D eigenvalue weighted by atomic mass is 10.2. The first-order valence-corrected chi connectivity index (χ1v) is 8.32. The molecule has 138 valence electrons. The van der Waals surface area contributed by atoms with Crippen LogP contribution >= 0.6 is 11.6 Å². The number of anilines is 2. The molecular weight excluding hydrogens is 356 g/mol. The fourth-order valence-electron chi connectivity index (χ4n) is 2.19. The lowest BCUT2D eigenvalue weighted by Crippen LogP contribution is -2.30. The van der Waals surface area contributed by atoms with Crippen molar-refractivity contribution in [3.63, 3.8) is 0 Å². The van der Waals surface area contributed by atoms with Gasteiger partial charge < -0.3 is 19.7 Å².